The second-order valence-electron chi connectivity index (χ2n) is 6.32. The Kier molecular flexibility index (Phi) is 4.43. The van der Waals surface area contributed by atoms with E-state index in [1.807, 2.05) is 25.1 Å². The van der Waals surface area contributed by atoms with Crippen LogP contribution >= 0.6 is 0 Å². The lowest BCUT2D eigenvalue weighted by Gasteiger charge is -2.41. The summed E-state index contributed by atoms with van der Waals surface area (Å²) in [6.45, 7) is 4.60. The van der Waals surface area contributed by atoms with Gasteiger partial charge in [-0.3, -0.25) is 4.90 Å². The van der Waals surface area contributed by atoms with Crippen molar-refractivity contribution in [2.75, 3.05) is 26.7 Å². The number of hydrogen-bond acceptors (Lipinski definition) is 4. The minimum atomic E-state index is -3.30. The van der Waals surface area contributed by atoms with Gasteiger partial charge in [0.2, 0.25) is 10.0 Å². The highest BCUT2D eigenvalue weighted by Gasteiger charge is 2.39. The Morgan fingerprint density at radius 3 is 2.91 bits per heavy atom. The molecule has 2 atom stereocenters. The zero-order valence-corrected chi connectivity index (χ0v) is 14.1. The van der Waals surface area contributed by atoms with Crippen molar-refractivity contribution in [2.24, 2.45) is 0 Å². The van der Waals surface area contributed by atoms with Gasteiger partial charge >= 0.3 is 0 Å². The number of hydrogen-bond donors (Lipinski definition) is 0. The molecule has 0 amide bonds. The number of piperazine rings is 1. The van der Waals surface area contributed by atoms with Crippen molar-refractivity contribution >= 4 is 10.0 Å². The second kappa shape index (κ2) is 6.18. The van der Waals surface area contributed by atoms with Gasteiger partial charge in [-0.15, -0.1) is 0 Å². The van der Waals surface area contributed by atoms with Crippen molar-refractivity contribution in [1.29, 1.82) is 0 Å². The SMILES string of the molecule is COc1cccc(CS(=O)(=O)N2C[C@@H]3CCCN3C[C@@H]2C)c1. The van der Waals surface area contributed by atoms with E-state index in [0.717, 1.165) is 25.1 Å². The zero-order valence-electron chi connectivity index (χ0n) is 13.2. The smallest absolute Gasteiger partial charge is 0.218 e. The normalized spacial score (nSPS) is 26.8. The monoisotopic (exact) mass is 324 g/mol. The van der Waals surface area contributed by atoms with Crippen molar-refractivity contribution in [3.8, 4) is 5.75 Å². The van der Waals surface area contributed by atoms with E-state index in [-0.39, 0.29) is 11.8 Å². The van der Waals surface area contributed by atoms with Crippen LogP contribution in [0.5, 0.6) is 5.75 Å². The fourth-order valence-corrected chi connectivity index (χ4v) is 5.38. The van der Waals surface area contributed by atoms with Gasteiger partial charge < -0.3 is 4.74 Å². The summed E-state index contributed by atoms with van der Waals surface area (Å²) in [6.07, 6.45) is 2.29. The first-order chi connectivity index (χ1) is 10.5. The van der Waals surface area contributed by atoms with Gasteiger partial charge in [-0.25, -0.2) is 8.42 Å². The maximum absolute atomic E-state index is 12.8. The Labute approximate surface area is 132 Å². The molecular weight excluding hydrogens is 300 g/mol. The molecule has 0 N–H and O–H groups in total. The van der Waals surface area contributed by atoms with Gasteiger partial charge in [0.25, 0.3) is 0 Å². The second-order valence-corrected chi connectivity index (χ2v) is 8.24. The number of benzene rings is 1. The lowest BCUT2D eigenvalue weighted by Crippen LogP contribution is -2.56. The van der Waals surface area contributed by atoms with Crippen molar-refractivity contribution in [2.45, 2.75) is 37.6 Å². The number of nitrogens with zero attached hydrogens (tertiary/aromatic N) is 2. The van der Waals surface area contributed by atoms with Gasteiger partial charge in [-0.05, 0) is 44.0 Å². The average molecular weight is 324 g/mol. The maximum Gasteiger partial charge on any atom is 0.218 e. The number of methoxy groups -OCH3 is 1. The first-order valence-electron chi connectivity index (χ1n) is 7.86. The quantitative estimate of drug-likeness (QED) is 0.846. The predicted molar refractivity (Wildman–Crippen MR) is 86.4 cm³/mol. The molecule has 0 bridgehead atoms. The van der Waals surface area contributed by atoms with Gasteiger partial charge in [0.1, 0.15) is 5.75 Å². The summed E-state index contributed by atoms with van der Waals surface area (Å²) in [7, 11) is -1.71. The van der Waals surface area contributed by atoms with E-state index >= 15 is 0 Å². The van der Waals surface area contributed by atoms with Crippen LogP contribution in [0.25, 0.3) is 0 Å². The largest absolute Gasteiger partial charge is 0.497 e. The fourth-order valence-electron chi connectivity index (χ4n) is 3.60. The summed E-state index contributed by atoms with van der Waals surface area (Å²) in [4.78, 5) is 2.43. The van der Waals surface area contributed by atoms with Gasteiger partial charge in [-0.2, -0.15) is 4.31 Å². The molecule has 0 saturated carbocycles. The Balaban J connectivity index is 1.76. The van der Waals surface area contributed by atoms with E-state index in [1.54, 1.807) is 17.5 Å². The third kappa shape index (κ3) is 3.14. The molecular formula is C16H24N2O3S. The number of rotatable bonds is 4. The summed E-state index contributed by atoms with van der Waals surface area (Å²) >= 11 is 0. The third-order valence-electron chi connectivity index (χ3n) is 4.72. The van der Waals surface area contributed by atoms with E-state index in [4.69, 9.17) is 4.74 Å². The minimum absolute atomic E-state index is 0.0429. The molecule has 6 heteroatoms. The lowest BCUT2D eigenvalue weighted by molar-refractivity contribution is 0.117. The van der Waals surface area contributed by atoms with E-state index in [9.17, 15) is 8.42 Å². The van der Waals surface area contributed by atoms with Crippen molar-refractivity contribution in [3.05, 3.63) is 29.8 Å². The molecule has 2 heterocycles. The van der Waals surface area contributed by atoms with E-state index in [2.05, 4.69) is 4.90 Å². The average Bonchev–Trinajstić information content (AvgIpc) is 2.93. The van der Waals surface area contributed by atoms with Gasteiger partial charge in [-0.1, -0.05) is 12.1 Å². The molecule has 0 aromatic heterocycles. The molecule has 2 aliphatic heterocycles. The number of sulfonamides is 1. The van der Waals surface area contributed by atoms with Crippen molar-refractivity contribution in [1.82, 2.24) is 9.21 Å². The standard InChI is InChI=1S/C16H24N2O3S/c1-13-10-17-8-4-6-15(17)11-18(13)22(19,20)12-14-5-3-7-16(9-14)21-2/h3,5,7,9,13,15H,4,6,8,10-12H2,1-2H3/t13-,15-/m0/s1. The third-order valence-corrected chi connectivity index (χ3v) is 6.64. The van der Waals surface area contributed by atoms with Crippen LogP contribution in [-0.4, -0.2) is 56.5 Å². The molecule has 1 aromatic carbocycles. The highest BCUT2D eigenvalue weighted by Crippen LogP contribution is 2.27. The molecule has 0 aliphatic carbocycles. The highest BCUT2D eigenvalue weighted by molar-refractivity contribution is 7.88. The van der Waals surface area contributed by atoms with Crippen LogP contribution in [0, 0.1) is 0 Å². The Morgan fingerprint density at radius 1 is 1.32 bits per heavy atom. The topological polar surface area (TPSA) is 49.9 Å². The predicted octanol–water partition coefficient (Wildman–Crippen LogP) is 1.69. The summed E-state index contributed by atoms with van der Waals surface area (Å²) < 4.78 is 32.5. The van der Waals surface area contributed by atoms with Crippen LogP contribution in [0.15, 0.2) is 24.3 Å². The van der Waals surface area contributed by atoms with Crippen LogP contribution in [0.1, 0.15) is 25.3 Å². The first-order valence-corrected chi connectivity index (χ1v) is 9.47. The number of fused-ring (bicyclic) bond motifs is 1. The number of ether oxygens (including phenoxy) is 1. The Bertz CT molecular complexity index is 632. The van der Waals surface area contributed by atoms with Crippen LogP contribution in [0.2, 0.25) is 0 Å². The molecule has 2 fully saturated rings. The molecule has 2 aliphatic rings. The summed E-state index contributed by atoms with van der Waals surface area (Å²) in [5.74, 6) is 0.739. The van der Waals surface area contributed by atoms with Crippen molar-refractivity contribution < 1.29 is 13.2 Å². The highest BCUT2D eigenvalue weighted by atomic mass is 32.2. The lowest BCUT2D eigenvalue weighted by atomic mass is 10.1. The van der Waals surface area contributed by atoms with Crippen LogP contribution in [0.4, 0.5) is 0 Å². The molecule has 22 heavy (non-hydrogen) atoms. The Morgan fingerprint density at radius 2 is 2.14 bits per heavy atom. The van der Waals surface area contributed by atoms with E-state index < -0.39 is 10.0 Å². The van der Waals surface area contributed by atoms with E-state index in [0.29, 0.717) is 18.3 Å². The molecule has 0 radical (unpaired) electrons. The minimum Gasteiger partial charge on any atom is -0.497 e. The summed E-state index contributed by atoms with van der Waals surface area (Å²) in [5, 5.41) is 0. The van der Waals surface area contributed by atoms with Crippen molar-refractivity contribution in [3.63, 3.8) is 0 Å². The molecule has 1 aromatic rings. The molecule has 0 spiro atoms. The maximum atomic E-state index is 12.8. The molecule has 0 unspecified atom stereocenters. The molecule has 3 rings (SSSR count). The van der Waals surface area contributed by atoms with E-state index in [1.165, 1.54) is 6.42 Å². The van der Waals surface area contributed by atoms with Crippen LogP contribution in [-0.2, 0) is 15.8 Å². The first kappa shape index (κ1) is 15.8. The van der Waals surface area contributed by atoms with Crippen LogP contribution < -0.4 is 4.74 Å². The summed E-state index contributed by atoms with van der Waals surface area (Å²) in [5.41, 5.74) is 0.778. The molecule has 122 valence electrons. The fraction of sp³-hybridized carbons (Fsp3) is 0.625. The Hall–Kier alpha value is -1.11. The summed E-state index contributed by atoms with van der Waals surface area (Å²) in [6, 6.07) is 7.75. The van der Waals surface area contributed by atoms with Gasteiger partial charge in [0.15, 0.2) is 0 Å². The molecule has 2 saturated heterocycles. The van der Waals surface area contributed by atoms with Gasteiger partial charge in [0.05, 0.1) is 12.9 Å². The zero-order chi connectivity index (χ0) is 15.7. The van der Waals surface area contributed by atoms with Crippen LogP contribution in [0.3, 0.4) is 0 Å². The van der Waals surface area contributed by atoms with Gasteiger partial charge in [0, 0.05) is 25.2 Å². The molecule has 5 nitrogen and oxygen atoms in total.